The molecule has 4 unspecified atom stereocenters. The summed E-state index contributed by atoms with van der Waals surface area (Å²) >= 11 is 6.32. The molecular weight excluding hydrogens is 509 g/mol. The summed E-state index contributed by atoms with van der Waals surface area (Å²) in [6.45, 7) is 5.74. The van der Waals surface area contributed by atoms with Gasteiger partial charge in [0.15, 0.2) is 5.96 Å². The molecule has 0 spiro atoms. The second-order valence-electron chi connectivity index (χ2n) is 8.36. The van der Waals surface area contributed by atoms with Crippen molar-refractivity contribution in [3.63, 3.8) is 0 Å². The molecule has 2 fully saturated rings. The number of halogens is 2. The maximum absolute atomic E-state index is 6.32. The number of pyridine rings is 1. The summed E-state index contributed by atoms with van der Waals surface area (Å²) in [7, 11) is 0. The number of guanidine groups is 1. The third-order valence-corrected chi connectivity index (χ3v) is 6.87. The zero-order valence-corrected chi connectivity index (χ0v) is 20.3. The smallest absolute Gasteiger partial charge is 0.191 e. The van der Waals surface area contributed by atoms with E-state index < -0.39 is 0 Å². The molecule has 4 atom stereocenters. The largest absolute Gasteiger partial charge is 0.357 e. The molecule has 1 aliphatic heterocycles. The second-order valence-corrected chi connectivity index (χ2v) is 8.77. The summed E-state index contributed by atoms with van der Waals surface area (Å²) in [6, 6.07) is 13.1. The highest BCUT2D eigenvalue weighted by atomic mass is 127. The highest BCUT2D eigenvalue weighted by Gasteiger charge is 2.54. The van der Waals surface area contributed by atoms with E-state index in [1.807, 2.05) is 12.1 Å². The number of hydrogen-bond acceptors (Lipinski definition) is 3. The quantitative estimate of drug-likeness (QED) is 0.343. The number of hydrogen-bond donors (Lipinski definition) is 2. The van der Waals surface area contributed by atoms with Crippen LogP contribution in [0.1, 0.15) is 30.4 Å². The average molecular weight is 538 g/mol. The zero-order chi connectivity index (χ0) is 19.8. The Morgan fingerprint density at radius 1 is 1.27 bits per heavy atom. The predicted octanol–water partition coefficient (Wildman–Crippen LogP) is 4.07. The first-order valence-corrected chi connectivity index (χ1v) is 11.1. The van der Waals surface area contributed by atoms with Gasteiger partial charge in [-0.2, -0.15) is 0 Å². The van der Waals surface area contributed by atoms with Gasteiger partial charge in [0, 0.05) is 38.4 Å². The summed E-state index contributed by atoms with van der Waals surface area (Å²) in [5.74, 6) is 4.04. The first-order valence-electron chi connectivity index (χ1n) is 10.7. The number of aromatic nitrogens is 1. The number of nitrogens with zero attached hydrogens (tertiary/aromatic N) is 3. The van der Waals surface area contributed by atoms with Crippen molar-refractivity contribution in [2.45, 2.75) is 31.7 Å². The topological polar surface area (TPSA) is 52.6 Å². The van der Waals surface area contributed by atoms with Crippen molar-refractivity contribution in [3.05, 3.63) is 58.7 Å². The molecule has 2 N–H and O–H groups in total. The van der Waals surface area contributed by atoms with Crippen molar-refractivity contribution in [2.24, 2.45) is 16.8 Å². The van der Waals surface area contributed by atoms with Crippen LogP contribution >= 0.6 is 35.6 Å². The number of fused-ring (bicyclic) bond motifs is 3. The Morgan fingerprint density at radius 3 is 2.97 bits per heavy atom. The molecule has 5 nitrogen and oxygen atoms in total. The third kappa shape index (κ3) is 4.26. The van der Waals surface area contributed by atoms with Gasteiger partial charge in [0.05, 0.1) is 5.02 Å². The fourth-order valence-corrected chi connectivity index (χ4v) is 5.36. The molecule has 1 saturated heterocycles. The van der Waals surface area contributed by atoms with Crippen molar-refractivity contribution in [1.29, 1.82) is 0 Å². The van der Waals surface area contributed by atoms with E-state index in [2.05, 4.69) is 51.7 Å². The van der Waals surface area contributed by atoms with Gasteiger partial charge in [-0.15, -0.1) is 24.0 Å². The number of rotatable bonds is 5. The van der Waals surface area contributed by atoms with Crippen molar-refractivity contribution in [2.75, 3.05) is 31.1 Å². The van der Waals surface area contributed by atoms with E-state index >= 15 is 0 Å². The molecule has 0 bridgehead atoms. The molecule has 2 aliphatic carbocycles. The number of nitrogens with one attached hydrogen (secondary N) is 2. The minimum Gasteiger partial charge on any atom is -0.357 e. The highest BCUT2D eigenvalue weighted by molar-refractivity contribution is 14.0. The molecular formula is C23H29ClIN5. The van der Waals surface area contributed by atoms with E-state index in [0.717, 1.165) is 56.2 Å². The SMILES string of the molecule is CCNC(=NCC1C2Cc3ccccc3C12)NC1CCN(c2ncccc2Cl)C1.I. The number of anilines is 1. The molecule has 3 aliphatic rings. The molecule has 1 aromatic carbocycles. The van der Waals surface area contributed by atoms with Crippen LogP contribution in [0, 0.1) is 11.8 Å². The van der Waals surface area contributed by atoms with E-state index in [9.17, 15) is 0 Å². The number of aliphatic imine (C=N–C) groups is 1. The fraction of sp³-hybridized carbons (Fsp3) is 0.478. The predicted molar refractivity (Wildman–Crippen MR) is 134 cm³/mol. The zero-order valence-electron chi connectivity index (χ0n) is 17.2. The van der Waals surface area contributed by atoms with Crippen LogP contribution in [0.25, 0.3) is 0 Å². The normalized spacial score (nSPS) is 26.6. The van der Waals surface area contributed by atoms with E-state index in [0.29, 0.717) is 17.0 Å². The lowest BCUT2D eigenvalue weighted by Crippen LogP contribution is -2.44. The van der Waals surface area contributed by atoms with Crippen LogP contribution in [-0.2, 0) is 6.42 Å². The van der Waals surface area contributed by atoms with Crippen LogP contribution < -0.4 is 15.5 Å². The molecule has 2 aromatic rings. The molecule has 1 saturated carbocycles. The van der Waals surface area contributed by atoms with E-state index in [1.165, 1.54) is 6.42 Å². The maximum Gasteiger partial charge on any atom is 0.191 e. The molecule has 7 heteroatoms. The summed E-state index contributed by atoms with van der Waals surface area (Å²) in [5, 5.41) is 7.77. The molecule has 5 rings (SSSR count). The Labute approximate surface area is 200 Å². The third-order valence-electron chi connectivity index (χ3n) is 6.57. The lowest BCUT2D eigenvalue weighted by molar-refractivity contribution is 0.640. The molecule has 160 valence electrons. The van der Waals surface area contributed by atoms with Gasteiger partial charge in [0.25, 0.3) is 0 Å². The standard InChI is InChI=1S/C23H28ClN5.HI/c1-2-25-23(27-13-19-18-12-15-6-3-4-7-17(15)21(18)19)28-16-9-11-29(14-16)22-20(24)8-5-10-26-22;/h3-8,10,16,18-19,21H,2,9,11-14H2,1H3,(H2,25,27,28);1H. The first kappa shape index (κ1) is 21.7. The molecule has 2 heterocycles. The Morgan fingerprint density at radius 2 is 2.13 bits per heavy atom. The van der Waals surface area contributed by atoms with Crippen molar-refractivity contribution in [1.82, 2.24) is 15.6 Å². The first-order chi connectivity index (χ1) is 14.2. The van der Waals surface area contributed by atoms with Crippen LogP contribution in [-0.4, -0.2) is 43.2 Å². The highest BCUT2D eigenvalue weighted by Crippen LogP contribution is 2.61. The second kappa shape index (κ2) is 9.30. The van der Waals surface area contributed by atoms with Gasteiger partial charge in [-0.25, -0.2) is 4.98 Å². The Balaban J connectivity index is 0.00000218. The Kier molecular flexibility index (Phi) is 6.72. The van der Waals surface area contributed by atoms with Gasteiger partial charge in [-0.1, -0.05) is 35.9 Å². The van der Waals surface area contributed by atoms with E-state index in [4.69, 9.17) is 16.6 Å². The summed E-state index contributed by atoms with van der Waals surface area (Å²) < 4.78 is 0. The fourth-order valence-electron chi connectivity index (χ4n) is 5.12. The Hall–Kier alpha value is -1.54. The van der Waals surface area contributed by atoms with Crippen molar-refractivity contribution in [3.8, 4) is 0 Å². The lowest BCUT2D eigenvalue weighted by Gasteiger charge is -2.20. The molecule has 0 radical (unpaired) electrons. The summed E-state index contributed by atoms with van der Waals surface area (Å²) in [5.41, 5.74) is 3.11. The van der Waals surface area contributed by atoms with Crippen LogP contribution in [0.2, 0.25) is 5.02 Å². The summed E-state index contributed by atoms with van der Waals surface area (Å²) in [6.07, 6.45) is 4.09. The minimum absolute atomic E-state index is 0. The average Bonchev–Trinajstić information content (AvgIpc) is 3.04. The van der Waals surface area contributed by atoms with Gasteiger partial charge >= 0.3 is 0 Å². The van der Waals surface area contributed by atoms with Crippen molar-refractivity contribution >= 4 is 47.4 Å². The van der Waals surface area contributed by atoms with E-state index in [-0.39, 0.29) is 24.0 Å². The van der Waals surface area contributed by atoms with Gasteiger partial charge in [0.1, 0.15) is 5.82 Å². The van der Waals surface area contributed by atoms with Crippen LogP contribution in [0.15, 0.2) is 47.6 Å². The summed E-state index contributed by atoms with van der Waals surface area (Å²) in [4.78, 5) is 11.6. The Bertz CT molecular complexity index is 920. The molecule has 0 amide bonds. The van der Waals surface area contributed by atoms with Gasteiger partial charge < -0.3 is 15.5 Å². The number of benzene rings is 1. The van der Waals surface area contributed by atoms with Crippen LogP contribution in [0.3, 0.4) is 0 Å². The molecule has 30 heavy (non-hydrogen) atoms. The lowest BCUT2D eigenvalue weighted by atomic mass is 10.0. The van der Waals surface area contributed by atoms with Gasteiger partial charge in [0.2, 0.25) is 0 Å². The van der Waals surface area contributed by atoms with Gasteiger partial charge in [-0.3, -0.25) is 4.99 Å². The molecule has 1 aromatic heterocycles. The van der Waals surface area contributed by atoms with Crippen LogP contribution in [0.5, 0.6) is 0 Å². The minimum atomic E-state index is 0. The van der Waals surface area contributed by atoms with Gasteiger partial charge in [-0.05, 0) is 60.8 Å². The van der Waals surface area contributed by atoms with E-state index in [1.54, 1.807) is 17.3 Å². The van der Waals surface area contributed by atoms with Crippen LogP contribution in [0.4, 0.5) is 5.82 Å². The van der Waals surface area contributed by atoms with Crippen molar-refractivity contribution < 1.29 is 0 Å². The maximum atomic E-state index is 6.32. The monoisotopic (exact) mass is 537 g/mol.